The van der Waals surface area contributed by atoms with Crippen LogP contribution in [0.3, 0.4) is 0 Å². The lowest BCUT2D eigenvalue weighted by atomic mass is 9.81. The molecule has 0 amide bonds. The summed E-state index contributed by atoms with van der Waals surface area (Å²) in [4.78, 5) is 24.9. The van der Waals surface area contributed by atoms with Gasteiger partial charge in [0.1, 0.15) is 0 Å². The first-order valence-electron chi connectivity index (χ1n) is 6.54. The number of fused-ring (bicyclic) bond motifs is 4. The Morgan fingerprint density at radius 3 is 2.32 bits per heavy atom. The van der Waals surface area contributed by atoms with Crippen LogP contribution in [0.15, 0.2) is 59.7 Å². The van der Waals surface area contributed by atoms with Crippen molar-refractivity contribution in [1.29, 1.82) is 0 Å². The van der Waals surface area contributed by atoms with Crippen molar-refractivity contribution in [2.75, 3.05) is 0 Å². The van der Waals surface area contributed by atoms with E-state index in [9.17, 15) is 9.59 Å². The highest BCUT2D eigenvalue weighted by Crippen LogP contribution is 2.48. The van der Waals surface area contributed by atoms with Gasteiger partial charge in [0, 0.05) is 28.6 Å². The molecule has 2 heteroatoms. The van der Waals surface area contributed by atoms with Crippen LogP contribution in [0.4, 0.5) is 0 Å². The van der Waals surface area contributed by atoms with E-state index in [1.165, 1.54) is 6.08 Å². The van der Waals surface area contributed by atoms with Crippen molar-refractivity contribution in [2.45, 2.75) is 6.42 Å². The summed E-state index contributed by atoms with van der Waals surface area (Å²) in [6, 6.07) is 9.44. The smallest absolute Gasteiger partial charge is 0.190 e. The van der Waals surface area contributed by atoms with Crippen molar-refractivity contribution < 1.29 is 9.59 Å². The lowest BCUT2D eigenvalue weighted by Crippen LogP contribution is -2.21. The van der Waals surface area contributed by atoms with Crippen LogP contribution in [0.5, 0.6) is 0 Å². The molecule has 0 unspecified atom stereocenters. The lowest BCUT2D eigenvalue weighted by molar-refractivity contribution is -0.114. The quantitative estimate of drug-likeness (QED) is 0.565. The molecule has 0 fully saturated rings. The Bertz CT molecular complexity index is 689. The number of carbonyl (C=O) groups is 2. The fraction of sp³-hybridized carbons (Fsp3) is 0.176. The van der Waals surface area contributed by atoms with Gasteiger partial charge in [-0.25, -0.2) is 0 Å². The maximum absolute atomic E-state index is 12.6. The monoisotopic (exact) mass is 248 g/mol. The Morgan fingerprint density at radius 2 is 1.58 bits per heavy atom. The largest absolute Gasteiger partial charge is 0.290 e. The minimum absolute atomic E-state index is 0.0188. The first-order chi connectivity index (χ1) is 9.25. The van der Waals surface area contributed by atoms with E-state index >= 15 is 0 Å². The highest BCUT2D eigenvalue weighted by atomic mass is 16.1. The number of Topliss-reactive ketones (excluding diaryl/α,β-unsaturated/α-hetero) is 1. The zero-order valence-electron chi connectivity index (χ0n) is 10.3. The molecule has 2 atom stereocenters. The maximum Gasteiger partial charge on any atom is 0.190 e. The lowest BCUT2D eigenvalue weighted by Gasteiger charge is -2.19. The van der Waals surface area contributed by atoms with Gasteiger partial charge in [-0.05, 0) is 18.1 Å². The Labute approximate surface area is 111 Å². The highest BCUT2D eigenvalue weighted by Gasteiger charge is 2.43. The molecule has 3 aliphatic rings. The molecule has 0 aromatic heterocycles. The van der Waals surface area contributed by atoms with Crippen molar-refractivity contribution in [1.82, 2.24) is 0 Å². The molecule has 0 saturated carbocycles. The first-order valence-corrected chi connectivity index (χ1v) is 6.54. The van der Waals surface area contributed by atoms with Crippen LogP contribution >= 0.6 is 0 Å². The molecule has 1 aromatic rings. The summed E-state index contributed by atoms with van der Waals surface area (Å²) in [5.74, 6) is 0.386. The van der Waals surface area contributed by atoms with Crippen LogP contribution in [0.1, 0.15) is 12.0 Å². The molecule has 2 nitrogen and oxygen atoms in total. The molecule has 1 aromatic carbocycles. The van der Waals surface area contributed by atoms with E-state index in [1.807, 2.05) is 30.3 Å². The minimum atomic E-state index is 0.0188. The molecule has 0 heterocycles. The fourth-order valence-electron chi connectivity index (χ4n) is 3.38. The van der Waals surface area contributed by atoms with Gasteiger partial charge < -0.3 is 0 Å². The van der Waals surface area contributed by atoms with Crippen molar-refractivity contribution >= 4 is 17.1 Å². The molecule has 19 heavy (non-hydrogen) atoms. The topological polar surface area (TPSA) is 34.1 Å². The van der Waals surface area contributed by atoms with Crippen LogP contribution in [-0.2, 0) is 9.59 Å². The van der Waals surface area contributed by atoms with E-state index in [2.05, 4.69) is 12.2 Å². The van der Waals surface area contributed by atoms with Crippen molar-refractivity contribution in [2.24, 2.45) is 11.8 Å². The number of rotatable bonds is 1. The standard InChI is InChI=1S/C17H12O2/c18-14-9-13(10-4-2-1-3-5-10)17(19)16-12-7-6-11(8-12)15(14)16/h1-7,9,11-12H,8H2/t11-,12+/m1/s1. The van der Waals surface area contributed by atoms with Gasteiger partial charge in [0.15, 0.2) is 11.6 Å². The van der Waals surface area contributed by atoms with Crippen LogP contribution in [-0.4, -0.2) is 11.6 Å². The molecule has 0 aliphatic heterocycles. The van der Waals surface area contributed by atoms with Crippen molar-refractivity contribution in [3.05, 3.63) is 65.3 Å². The van der Waals surface area contributed by atoms with Crippen molar-refractivity contribution in [3.8, 4) is 0 Å². The molecular formula is C17H12O2. The second kappa shape index (κ2) is 3.64. The SMILES string of the molecule is O=C1C=C(c2ccccc2)C(=O)C2=C1[C@@H]1C=C[C@H]2C1. The van der Waals surface area contributed by atoms with E-state index in [4.69, 9.17) is 0 Å². The summed E-state index contributed by atoms with van der Waals surface area (Å²) in [5, 5.41) is 0. The van der Waals surface area contributed by atoms with Gasteiger partial charge in [-0.3, -0.25) is 9.59 Å². The van der Waals surface area contributed by atoms with Gasteiger partial charge >= 0.3 is 0 Å². The van der Waals surface area contributed by atoms with Gasteiger partial charge in [-0.15, -0.1) is 0 Å². The Hall–Kier alpha value is -2.22. The molecule has 92 valence electrons. The number of carbonyl (C=O) groups excluding carboxylic acids is 2. The summed E-state index contributed by atoms with van der Waals surface area (Å²) in [6.07, 6.45) is 6.56. The number of hydrogen-bond acceptors (Lipinski definition) is 2. The van der Waals surface area contributed by atoms with Crippen LogP contribution < -0.4 is 0 Å². The van der Waals surface area contributed by atoms with Gasteiger partial charge in [0.05, 0.1) is 0 Å². The Kier molecular flexibility index (Phi) is 2.05. The fourth-order valence-corrected chi connectivity index (χ4v) is 3.38. The summed E-state index contributed by atoms with van der Waals surface area (Å²) < 4.78 is 0. The predicted molar refractivity (Wildman–Crippen MR) is 72.2 cm³/mol. The molecule has 0 saturated heterocycles. The molecule has 4 rings (SSSR count). The average Bonchev–Trinajstić information content (AvgIpc) is 3.05. The third-order valence-corrected chi connectivity index (χ3v) is 4.23. The molecule has 0 radical (unpaired) electrons. The molecular weight excluding hydrogens is 236 g/mol. The molecule has 0 spiro atoms. The van der Waals surface area contributed by atoms with Crippen LogP contribution in [0.25, 0.3) is 5.57 Å². The highest BCUT2D eigenvalue weighted by molar-refractivity contribution is 6.38. The van der Waals surface area contributed by atoms with E-state index in [0.717, 1.165) is 23.1 Å². The number of ketones is 2. The van der Waals surface area contributed by atoms with Gasteiger partial charge in [0.25, 0.3) is 0 Å². The van der Waals surface area contributed by atoms with Crippen LogP contribution in [0.2, 0.25) is 0 Å². The summed E-state index contributed by atoms with van der Waals surface area (Å²) in [6.45, 7) is 0. The normalized spacial score (nSPS) is 27.9. The minimum Gasteiger partial charge on any atom is -0.290 e. The zero-order valence-corrected chi connectivity index (χ0v) is 10.3. The maximum atomic E-state index is 12.6. The number of allylic oxidation sites excluding steroid dienone is 6. The zero-order chi connectivity index (χ0) is 13.0. The summed E-state index contributed by atoms with van der Waals surface area (Å²) in [5.41, 5.74) is 2.88. The Morgan fingerprint density at radius 1 is 0.895 bits per heavy atom. The summed E-state index contributed by atoms with van der Waals surface area (Å²) in [7, 11) is 0. The molecule has 2 bridgehead atoms. The van der Waals surface area contributed by atoms with E-state index in [1.54, 1.807) is 0 Å². The number of hydrogen-bond donors (Lipinski definition) is 0. The second-order valence-corrected chi connectivity index (χ2v) is 5.28. The van der Waals surface area contributed by atoms with Gasteiger partial charge in [0.2, 0.25) is 0 Å². The first kappa shape index (κ1) is 10.7. The predicted octanol–water partition coefficient (Wildman–Crippen LogP) is 2.72. The Balaban J connectivity index is 1.83. The third kappa shape index (κ3) is 1.37. The molecule has 3 aliphatic carbocycles. The second-order valence-electron chi connectivity index (χ2n) is 5.28. The third-order valence-electron chi connectivity index (χ3n) is 4.23. The van der Waals surface area contributed by atoms with E-state index in [-0.39, 0.29) is 23.4 Å². The van der Waals surface area contributed by atoms with Crippen molar-refractivity contribution in [3.63, 3.8) is 0 Å². The average molecular weight is 248 g/mol. The number of benzene rings is 1. The molecule has 0 N–H and O–H groups in total. The van der Waals surface area contributed by atoms with E-state index in [0.29, 0.717) is 5.57 Å². The summed E-state index contributed by atoms with van der Waals surface area (Å²) >= 11 is 0. The van der Waals surface area contributed by atoms with Gasteiger partial charge in [-0.2, -0.15) is 0 Å². The van der Waals surface area contributed by atoms with Crippen LogP contribution in [0, 0.1) is 11.8 Å². The van der Waals surface area contributed by atoms with Gasteiger partial charge in [-0.1, -0.05) is 42.5 Å². The van der Waals surface area contributed by atoms with E-state index < -0.39 is 0 Å².